The van der Waals surface area contributed by atoms with E-state index in [4.69, 9.17) is 9.47 Å². The van der Waals surface area contributed by atoms with E-state index in [-0.39, 0.29) is 18.2 Å². The zero-order valence-corrected chi connectivity index (χ0v) is 24.7. The van der Waals surface area contributed by atoms with Crippen molar-refractivity contribution >= 4 is 39.6 Å². The quantitative estimate of drug-likeness (QED) is 0.159. The van der Waals surface area contributed by atoms with E-state index in [1.54, 1.807) is 17.2 Å². The summed E-state index contributed by atoms with van der Waals surface area (Å²) in [6.07, 6.45) is 4.10. The molecule has 3 aromatic carbocycles. The molecule has 0 bridgehead atoms. The van der Waals surface area contributed by atoms with Crippen LogP contribution in [0.15, 0.2) is 76.8 Å². The van der Waals surface area contributed by atoms with Crippen LogP contribution in [0.3, 0.4) is 0 Å². The molecule has 0 aliphatic carbocycles. The number of carbonyl (C=O) groups excluding carboxylic acids is 2. The molecule has 1 N–H and O–H groups in total. The Hall–Kier alpha value is -3.91. The van der Waals surface area contributed by atoms with E-state index in [1.807, 2.05) is 75.4 Å². The lowest BCUT2D eigenvalue weighted by molar-refractivity contribution is -0.126. The lowest BCUT2D eigenvalue weighted by atomic mass is 10.1. The summed E-state index contributed by atoms with van der Waals surface area (Å²) in [5.41, 5.74) is 8.37. The summed E-state index contributed by atoms with van der Waals surface area (Å²) >= 11 is 3.45. The van der Waals surface area contributed by atoms with Crippen LogP contribution in [0.4, 0.5) is 5.69 Å². The molecule has 1 aliphatic heterocycles. The molecule has 0 unspecified atom stereocenters. The number of nitrogens with one attached hydrogen (secondary N) is 1. The number of hydrogen-bond donors (Lipinski definition) is 1. The fourth-order valence-corrected chi connectivity index (χ4v) is 4.78. The average Bonchev–Trinajstić information content (AvgIpc) is 3.32. The molecule has 1 fully saturated rings. The van der Waals surface area contributed by atoms with Crippen LogP contribution in [0.5, 0.6) is 11.5 Å². The van der Waals surface area contributed by atoms with Crippen LogP contribution >= 0.6 is 15.9 Å². The van der Waals surface area contributed by atoms with E-state index >= 15 is 0 Å². The number of anilines is 1. The molecule has 2 amide bonds. The highest BCUT2D eigenvalue weighted by molar-refractivity contribution is 9.10. The van der Waals surface area contributed by atoms with Gasteiger partial charge in [-0.1, -0.05) is 40.2 Å². The SMILES string of the molecule is C=CCc1cc(/C=N\NC(=O)[C@@H]2CC(=O)N(c3ccc(C)c(C)c3)C2)cc(OCC)c1OCc1ccc(Br)cc1. The molecule has 1 aliphatic rings. The summed E-state index contributed by atoms with van der Waals surface area (Å²) in [6, 6.07) is 17.6. The number of aryl methyl sites for hydroxylation is 2. The largest absolute Gasteiger partial charge is 0.490 e. The van der Waals surface area contributed by atoms with Crippen LogP contribution in [0, 0.1) is 19.8 Å². The summed E-state index contributed by atoms with van der Waals surface area (Å²) in [7, 11) is 0. The number of carbonyl (C=O) groups is 2. The molecular weight excluding hydrogens is 570 g/mol. The van der Waals surface area contributed by atoms with Crippen molar-refractivity contribution in [3.63, 3.8) is 0 Å². The van der Waals surface area contributed by atoms with E-state index < -0.39 is 5.92 Å². The van der Waals surface area contributed by atoms with Gasteiger partial charge in [0, 0.05) is 28.7 Å². The fourth-order valence-electron chi connectivity index (χ4n) is 4.52. The molecule has 40 heavy (non-hydrogen) atoms. The van der Waals surface area contributed by atoms with Crippen molar-refractivity contribution in [2.24, 2.45) is 11.0 Å². The molecule has 8 heteroatoms. The normalized spacial score (nSPS) is 14.9. The van der Waals surface area contributed by atoms with Gasteiger partial charge in [-0.15, -0.1) is 6.58 Å². The van der Waals surface area contributed by atoms with Crippen molar-refractivity contribution in [2.45, 2.75) is 40.2 Å². The van der Waals surface area contributed by atoms with Gasteiger partial charge in [0.05, 0.1) is 18.7 Å². The molecule has 0 spiro atoms. The van der Waals surface area contributed by atoms with E-state index in [0.29, 0.717) is 37.7 Å². The Bertz CT molecular complexity index is 1420. The monoisotopic (exact) mass is 603 g/mol. The number of amides is 2. The van der Waals surface area contributed by atoms with Crippen LogP contribution in [-0.4, -0.2) is 31.2 Å². The molecule has 1 atom stereocenters. The third-order valence-electron chi connectivity index (χ3n) is 6.80. The molecule has 1 saturated heterocycles. The van der Waals surface area contributed by atoms with Gasteiger partial charge in [0.2, 0.25) is 11.8 Å². The van der Waals surface area contributed by atoms with Crippen LogP contribution in [0.2, 0.25) is 0 Å². The van der Waals surface area contributed by atoms with Crippen molar-refractivity contribution in [1.29, 1.82) is 0 Å². The van der Waals surface area contributed by atoms with Gasteiger partial charge in [0.1, 0.15) is 6.61 Å². The summed E-state index contributed by atoms with van der Waals surface area (Å²) in [6.45, 7) is 11.0. The van der Waals surface area contributed by atoms with Crippen molar-refractivity contribution in [2.75, 3.05) is 18.1 Å². The summed E-state index contributed by atoms with van der Waals surface area (Å²) < 4.78 is 13.1. The molecule has 7 nitrogen and oxygen atoms in total. The summed E-state index contributed by atoms with van der Waals surface area (Å²) in [4.78, 5) is 27.2. The topological polar surface area (TPSA) is 80.2 Å². The maximum absolute atomic E-state index is 12.8. The minimum absolute atomic E-state index is 0.0680. The van der Waals surface area contributed by atoms with Gasteiger partial charge in [-0.25, -0.2) is 5.43 Å². The molecule has 3 aromatic rings. The number of hydrazone groups is 1. The van der Waals surface area contributed by atoms with Gasteiger partial charge in [0.25, 0.3) is 0 Å². The van der Waals surface area contributed by atoms with Gasteiger partial charge >= 0.3 is 0 Å². The standard InChI is InChI=1S/C32H34BrN3O4/c1-5-7-25-15-24(16-29(39-6-2)31(25)40-20-23-9-11-27(33)12-10-23)18-34-35-32(38)26-17-30(37)36(19-26)28-13-8-21(3)22(4)14-28/h5,8-16,18,26H,1,6-7,17,19-20H2,2-4H3,(H,35,38)/b34-18-/t26-/m1/s1. The first kappa shape index (κ1) is 29.1. The number of halogens is 1. The third-order valence-corrected chi connectivity index (χ3v) is 7.33. The lowest BCUT2D eigenvalue weighted by Crippen LogP contribution is -2.30. The highest BCUT2D eigenvalue weighted by Crippen LogP contribution is 2.34. The van der Waals surface area contributed by atoms with Crippen molar-refractivity contribution in [3.05, 3.63) is 99.5 Å². The number of ether oxygens (including phenoxy) is 2. The zero-order valence-electron chi connectivity index (χ0n) is 23.1. The van der Waals surface area contributed by atoms with Crippen molar-refractivity contribution in [1.82, 2.24) is 5.43 Å². The zero-order chi connectivity index (χ0) is 28.6. The predicted molar refractivity (Wildman–Crippen MR) is 162 cm³/mol. The van der Waals surface area contributed by atoms with Crippen LogP contribution in [0.1, 0.15) is 41.2 Å². The number of hydrogen-bond acceptors (Lipinski definition) is 5. The van der Waals surface area contributed by atoms with Gasteiger partial charge in [-0.2, -0.15) is 5.10 Å². The lowest BCUT2D eigenvalue weighted by Gasteiger charge is -2.17. The first-order chi connectivity index (χ1) is 19.3. The highest BCUT2D eigenvalue weighted by atomic mass is 79.9. The Labute approximate surface area is 244 Å². The second-order valence-electron chi connectivity index (χ2n) is 9.76. The Morgan fingerprint density at radius 3 is 2.60 bits per heavy atom. The van der Waals surface area contributed by atoms with E-state index in [9.17, 15) is 9.59 Å². The average molecular weight is 605 g/mol. The number of rotatable bonds is 11. The second kappa shape index (κ2) is 13.4. The molecule has 1 heterocycles. The van der Waals surface area contributed by atoms with Crippen LogP contribution in [0.25, 0.3) is 0 Å². The minimum Gasteiger partial charge on any atom is -0.490 e. The van der Waals surface area contributed by atoms with E-state index in [2.05, 4.69) is 33.0 Å². The minimum atomic E-state index is -0.476. The van der Waals surface area contributed by atoms with Crippen molar-refractivity contribution < 1.29 is 19.1 Å². The summed E-state index contributed by atoms with van der Waals surface area (Å²) in [5, 5.41) is 4.19. The van der Waals surface area contributed by atoms with Gasteiger partial charge < -0.3 is 14.4 Å². The van der Waals surface area contributed by atoms with Crippen molar-refractivity contribution in [3.8, 4) is 11.5 Å². The molecule has 208 valence electrons. The smallest absolute Gasteiger partial charge is 0.245 e. The highest BCUT2D eigenvalue weighted by Gasteiger charge is 2.35. The van der Waals surface area contributed by atoms with Crippen LogP contribution < -0.4 is 19.8 Å². The Balaban J connectivity index is 1.45. The number of nitrogens with zero attached hydrogens (tertiary/aromatic N) is 2. The van der Waals surface area contributed by atoms with E-state index in [1.165, 1.54) is 0 Å². The maximum atomic E-state index is 12.8. The maximum Gasteiger partial charge on any atom is 0.245 e. The molecule has 4 rings (SSSR count). The van der Waals surface area contributed by atoms with Crippen LogP contribution in [-0.2, 0) is 22.6 Å². The second-order valence-corrected chi connectivity index (χ2v) is 10.7. The Morgan fingerprint density at radius 2 is 1.90 bits per heavy atom. The third kappa shape index (κ3) is 7.18. The first-order valence-electron chi connectivity index (χ1n) is 13.3. The Kier molecular flexibility index (Phi) is 9.77. The van der Waals surface area contributed by atoms with E-state index in [0.717, 1.165) is 38.0 Å². The fraction of sp³-hybridized carbons (Fsp3) is 0.281. The predicted octanol–water partition coefficient (Wildman–Crippen LogP) is 6.28. The molecule has 0 radical (unpaired) electrons. The van der Waals surface area contributed by atoms with Gasteiger partial charge in [-0.3, -0.25) is 9.59 Å². The Morgan fingerprint density at radius 1 is 1.12 bits per heavy atom. The molecule has 0 saturated carbocycles. The van der Waals surface area contributed by atoms with Gasteiger partial charge in [-0.05, 0) is 85.8 Å². The number of allylic oxidation sites excluding steroid dienone is 1. The van der Waals surface area contributed by atoms with Gasteiger partial charge in [0.15, 0.2) is 11.5 Å². The summed E-state index contributed by atoms with van der Waals surface area (Å²) in [5.74, 6) is 0.415. The first-order valence-corrected chi connectivity index (χ1v) is 14.1. The number of benzene rings is 3. The molecular formula is C32H34BrN3O4. The molecule has 0 aromatic heterocycles.